The van der Waals surface area contributed by atoms with Crippen LogP contribution in [-0.2, 0) is 0 Å². The molecule has 6 heteroatoms. The molecule has 3 aromatic rings. The molecule has 37 heavy (non-hydrogen) atoms. The maximum atomic E-state index is 12.6. The van der Waals surface area contributed by atoms with Gasteiger partial charge in [0.15, 0.2) is 0 Å². The first-order valence-electron chi connectivity index (χ1n) is 12.7. The molecule has 0 radical (unpaired) electrons. The van der Waals surface area contributed by atoms with Crippen molar-refractivity contribution < 1.29 is 19.0 Å². The molecule has 0 amide bonds. The van der Waals surface area contributed by atoms with Crippen molar-refractivity contribution in [3.63, 3.8) is 0 Å². The van der Waals surface area contributed by atoms with Crippen LogP contribution in [0.15, 0.2) is 78.2 Å². The quantitative estimate of drug-likeness (QED) is 0.189. The summed E-state index contributed by atoms with van der Waals surface area (Å²) in [5, 5.41) is 9.84. The van der Waals surface area contributed by atoms with E-state index in [0.717, 1.165) is 28.9 Å². The molecule has 190 valence electrons. The Balaban J connectivity index is 1.51. The van der Waals surface area contributed by atoms with Crippen LogP contribution in [0, 0.1) is 18.3 Å². The lowest BCUT2D eigenvalue weighted by atomic mass is 9.83. The molecular formula is C31H32N2O4. The molecule has 1 aliphatic heterocycles. The second-order valence-electron chi connectivity index (χ2n) is 9.22. The molecular weight excluding hydrogens is 464 g/mol. The zero-order valence-corrected chi connectivity index (χ0v) is 21.3. The van der Waals surface area contributed by atoms with E-state index in [-0.39, 0.29) is 5.88 Å². The SMILES string of the molecule is CCCCCCCOc1ccc(C2C(C#N)=C(N)Oc3cc(OC(=O)c4cccc(C)c4)ccc32)cc1. The minimum atomic E-state index is -0.460. The number of benzene rings is 3. The Morgan fingerprint density at radius 1 is 1.00 bits per heavy atom. The Morgan fingerprint density at radius 3 is 2.49 bits per heavy atom. The lowest BCUT2D eigenvalue weighted by molar-refractivity contribution is 0.0734. The van der Waals surface area contributed by atoms with Crippen LogP contribution in [0.2, 0.25) is 0 Å². The number of carbonyl (C=O) groups excluding carboxylic acids is 1. The number of nitrogens with zero attached hydrogens (tertiary/aromatic N) is 1. The molecule has 1 heterocycles. The zero-order valence-electron chi connectivity index (χ0n) is 21.3. The van der Waals surface area contributed by atoms with Crippen molar-refractivity contribution in [1.29, 1.82) is 5.26 Å². The third-order valence-corrected chi connectivity index (χ3v) is 6.38. The van der Waals surface area contributed by atoms with Crippen molar-refractivity contribution in [2.75, 3.05) is 6.61 Å². The van der Waals surface area contributed by atoms with E-state index in [0.29, 0.717) is 29.2 Å². The fourth-order valence-corrected chi connectivity index (χ4v) is 4.43. The van der Waals surface area contributed by atoms with E-state index in [9.17, 15) is 10.1 Å². The first kappa shape index (κ1) is 25.8. The van der Waals surface area contributed by atoms with Crippen molar-refractivity contribution in [2.24, 2.45) is 5.73 Å². The van der Waals surface area contributed by atoms with Crippen molar-refractivity contribution in [2.45, 2.75) is 51.9 Å². The van der Waals surface area contributed by atoms with Crippen molar-refractivity contribution in [3.8, 4) is 23.3 Å². The van der Waals surface area contributed by atoms with Crippen LogP contribution < -0.4 is 19.9 Å². The fourth-order valence-electron chi connectivity index (χ4n) is 4.43. The Hall–Kier alpha value is -4.24. The first-order valence-corrected chi connectivity index (χ1v) is 12.7. The summed E-state index contributed by atoms with van der Waals surface area (Å²) in [7, 11) is 0. The largest absolute Gasteiger partial charge is 0.494 e. The van der Waals surface area contributed by atoms with Crippen LogP contribution in [0.3, 0.4) is 0 Å². The number of aryl methyl sites for hydroxylation is 1. The summed E-state index contributed by atoms with van der Waals surface area (Å²) in [6.45, 7) is 4.80. The highest BCUT2D eigenvalue weighted by Crippen LogP contribution is 2.43. The van der Waals surface area contributed by atoms with Crippen LogP contribution in [-0.4, -0.2) is 12.6 Å². The monoisotopic (exact) mass is 496 g/mol. The van der Waals surface area contributed by atoms with Crippen LogP contribution in [0.1, 0.15) is 72.0 Å². The second-order valence-corrected chi connectivity index (χ2v) is 9.22. The second kappa shape index (κ2) is 12.1. The predicted octanol–water partition coefficient (Wildman–Crippen LogP) is 6.78. The molecule has 6 nitrogen and oxygen atoms in total. The maximum absolute atomic E-state index is 12.6. The average Bonchev–Trinajstić information content (AvgIpc) is 2.90. The van der Waals surface area contributed by atoms with E-state index in [4.69, 9.17) is 19.9 Å². The number of nitriles is 1. The molecule has 1 unspecified atom stereocenters. The van der Waals surface area contributed by atoms with Gasteiger partial charge in [0, 0.05) is 11.6 Å². The number of ether oxygens (including phenoxy) is 3. The van der Waals surface area contributed by atoms with E-state index in [1.54, 1.807) is 24.3 Å². The van der Waals surface area contributed by atoms with Crippen LogP contribution in [0.25, 0.3) is 0 Å². The van der Waals surface area contributed by atoms with E-state index < -0.39 is 11.9 Å². The fraction of sp³-hybridized carbons (Fsp3) is 0.290. The number of nitrogens with two attached hydrogens (primary N) is 1. The first-order chi connectivity index (χ1) is 18.0. The van der Waals surface area contributed by atoms with E-state index in [1.165, 1.54) is 25.7 Å². The van der Waals surface area contributed by atoms with Gasteiger partial charge in [0.2, 0.25) is 5.88 Å². The Morgan fingerprint density at radius 2 is 1.76 bits per heavy atom. The minimum Gasteiger partial charge on any atom is -0.494 e. The van der Waals surface area contributed by atoms with Crippen molar-refractivity contribution in [3.05, 3.63) is 100 Å². The molecule has 0 bridgehead atoms. The highest BCUT2D eigenvalue weighted by Gasteiger charge is 2.31. The number of unbranched alkanes of at least 4 members (excludes halogenated alkanes) is 4. The summed E-state index contributed by atoms with van der Waals surface area (Å²) < 4.78 is 17.2. The topological polar surface area (TPSA) is 94.6 Å². The summed E-state index contributed by atoms with van der Waals surface area (Å²) in [5.74, 6) is 0.745. The molecule has 0 saturated carbocycles. The highest BCUT2D eigenvalue weighted by molar-refractivity contribution is 5.91. The zero-order chi connectivity index (χ0) is 26.2. The maximum Gasteiger partial charge on any atom is 0.343 e. The van der Waals surface area contributed by atoms with Crippen molar-refractivity contribution >= 4 is 5.97 Å². The van der Waals surface area contributed by atoms with Gasteiger partial charge in [-0.1, -0.05) is 68.5 Å². The smallest absolute Gasteiger partial charge is 0.343 e. The van der Waals surface area contributed by atoms with Crippen LogP contribution >= 0.6 is 0 Å². The summed E-state index contributed by atoms with van der Waals surface area (Å²) >= 11 is 0. The van der Waals surface area contributed by atoms with Crippen LogP contribution in [0.4, 0.5) is 0 Å². The van der Waals surface area contributed by atoms with E-state index >= 15 is 0 Å². The summed E-state index contributed by atoms with van der Waals surface area (Å²) in [6, 6.07) is 22.3. The van der Waals surface area contributed by atoms with Gasteiger partial charge in [-0.25, -0.2) is 4.79 Å². The molecule has 0 aliphatic carbocycles. The summed E-state index contributed by atoms with van der Waals surface area (Å²) in [5.41, 5.74) is 9.57. The standard InChI is InChI=1S/C31H32N2O4/c1-3-4-5-6-7-17-35-24-13-11-22(12-14-24)29-26-16-15-25(19-28(26)37-30(33)27(29)20-32)36-31(34)23-10-8-9-21(2)18-23/h8-16,18-19,29H,3-7,17,33H2,1-2H3. The molecule has 0 fully saturated rings. The number of rotatable bonds is 10. The van der Waals surface area contributed by atoms with Gasteiger partial charge in [0.05, 0.1) is 18.1 Å². The molecule has 4 rings (SSSR count). The molecule has 2 N–H and O–H groups in total. The Bertz CT molecular complexity index is 1320. The average molecular weight is 497 g/mol. The van der Waals surface area contributed by atoms with Gasteiger partial charge in [-0.15, -0.1) is 0 Å². The normalized spacial score (nSPS) is 14.4. The van der Waals surface area contributed by atoms with Gasteiger partial charge in [0.25, 0.3) is 0 Å². The number of fused-ring (bicyclic) bond motifs is 1. The molecule has 0 spiro atoms. The molecule has 0 saturated heterocycles. The number of allylic oxidation sites excluding steroid dienone is 1. The van der Waals surface area contributed by atoms with Crippen LogP contribution in [0.5, 0.6) is 17.2 Å². The lowest BCUT2D eigenvalue weighted by Crippen LogP contribution is -2.21. The number of hydrogen-bond donors (Lipinski definition) is 1. The van der Waals surface area contributed by atoms with Gasteiger partial charge in [-0.2, -0.15) is 5.26 Å². The molecule has 1 aliphatic rings. The molecule has 3 aromatic carbocycles. The molecule has 0 aromatic heterocycles. The van der Waals surface area contributed by atoms with Gasteiger partial charge in [0.1, 0.15) is 28.9 Å². The van der Waals surface area contributed by atoms with E-state index in [1.807, 2.05) is 49.4 Å². The Labute approximate surface area is 218 Å². The summed E-state index contributed by atoms with van der Waals surface area (Å²) in [4.78, 5) is 12.6. The third kappa shape index (κ3) is 6.31. The number of hydrogen-bond acceptors (Lipinski definition) is 6. The van der Waals surface area contributed by atoms with Crippen molar-refractivity contribution in [1.82, 2.24) is 0 Å². The third-order valence-electron chi connectivity index (χ3n) is 6.38. The van der Waals surface area contributed by atoms with Gasteiger partial charge >= 0.3 is 5.97 Å². The lowest BCUT2D eigenvalue weighted by Gasteiger charge is -2.26. The highest BCUT2D eigenvalue weighted by atomic mass is 16.5. The minimum absolute atomic E-state index is 0.0366. The summed E-state index contributed by atoms with van der Waals surface area (Å²) in [6.07, 6.45) is 5.92. The van der Waals surface area contributed by atoms with Gasteiger partial charge in [-0.3, -0.25) is 0 Å². The number of carbonyl (C=O) groups is 1. The Kier molecular flexibility index (Phi) is 8.48. The van der Waals surface area contributed by atoms with E-state index in [2.05, 4.69) is 13.0 Å². The predicted molar refractivity (Wildman–Crippen MR) is 143 cm³/mol. The molecule has 1 atom stereocenters. The number of esters is 1. The van der Waals surface area contributed by atoms with Gasteiger partial charge < -0.3 is 19.9 Å². The van der Waals surface area contributed by atoms with Gasteiger partial charge in [-0.05, 0) is 49.2 Å².